The van der Waals surface area contributed by atoms with E-state index >= 15 is 0 Å². The van der Waals surface area contributed by atoms with E-state index < -0.39 is 0 Å². The molecule has 2 atom stereocenters. The summed E-state index contributed by atoms with van der Waals surface area (Å²) in [6, 6.07) is 4.13. The number of benzene rings is 1. The number of cyclic esters (lactones) is 1. The zero-order valence-electron chi connectivity index (χ0n) is 12.1. The van der Waals surface area contributed by atoms with Gasteiger partial charge >= 0.3 is 5.97 Å². The minimum absolute atomic E-state index is 0.0321. The van der Waals surface area contributed by atoms with Crippen molar-refractivity contribution in [2.75, 3.05) is 20.4 Å². The molecule has 0 radical (unpaired) electrons. The molecule has 21 heavy (non-hydrogen) atoms. The Bertz CT molecular complexity index is 652. The van der Waals surface area contributed by atoms with Crippen LogP contribution in [0.2, 0.25) is 0 Å². The van der Waals surface area contributed by atoms with Crippen molar-refractivity contribution in [2.45, 2.75) is 25.5 Å². The second-order valence-corrected chi connectivity index (χ2v) is 5.80. The van der Waals surface area contributed by atoms with E-state index in [1.54, 1.807) is 6.92 Å². The number of hydrogen-bond donors (Lipinski definition) is 0. The molecule has 4 rings (SSSR count). The number of carbonyl (C=O) groups excluding carboxylic acids is 1. The molecule has 0 bridgehead atoms. The van der Waals surface area contributed by atoms with Gasteiger partial charge in [-0.15, -0.1) is 0 Å². The number of carbonyl (C=O) groups is 1. The number of esters is 1. The molecule has 0 N–H and O–H groups in total. The van der Waals surface area contributed by atoms with Crippen LogP contribution >= 0.6 is 0 Å². The van der Waals surface area contributed by atoms with Crippen LogP contribution in [0, 0.1) is 0 Å². The Hall–Kier alpha value is -2.01. The highest BCUT2D eigenvalue weighted by molar-refractivity contribution is 5.90. The summed E-state index contributed by atoms with van der Waals surface area (Å²) in [6.45, 7) is 3.00. The lowest BCUT2D eigenvalue weighted by Crippen LogP contribution is -2.39. The van der Waals surface area contributed by atoms with Crippen molar-refractivity contribution in [3.63, 3.8) is 0 Å². The second kappa shape index (κ2) is 4.49. The molecule has 0 spiro atoms. The van der Waals surface area contributed by atoms with Gasteiger partial charge in [0.1, 0.15) is 6.10 Å². The molecule has 0 saturated carbocycles. The van der Waals surface area contributed by atoms with E-state index in [0.29, 0.717) is 5.57 Å². The van der Waals surface area contributed by atoms with E-state index in [9.17, 15) is 4.79 Å². The zero-order valence-corrected chi connectivity index (χ0v) is 12.1. The van der Waals surface area contributed by atoms with Gasteiger partial charge in [-0.1, -0.05) is 0 Å². The van der Waals surface area contributed by atoms with Gasteiger partial charge in [0.25, 0.3) is 0 Å². The highest BCUT2D eigenvalue weighted by atomic mass is 16.7. The fourth-order valence-electron chi connectivity index (χ4n) is 3.31. The number of ether oxygens (including phenoxy) is 3. The summed E-state index contributed by atoms with van der Waals surface area (Å²) >= 11 is 0. The first kappa shape index (κ1) is 12.7. The predicted molar refractivity (Wildman–Crippen MR) is 75.3 cm³/mol. The molecule has 0 unspecified atom stereocenters. The van der Waals surface area contributed by atoms with Gasteiger partial charge < -0.3 is 14.2 Å². The first-order valence-electron chi connectivity index (χ1n) is 7.15. The summed E-state index contributed by atoms with van der Waals surface area (Å²) in [6.07, 6.45) is 2.65. The van der Waals surface area contributed by atoms with E-state index in [-0.39, 0.29) is 24.9 Å². The molecule has 0 saturated heterocycles. The number of hydrogen-bond acceptors (Lipinski definition) is 5. The van der Waals surface area contributed by atoms with Crippen LogP contribution in [0.4, 0.5) is 0 Å². The van der Waals surface area contributed by atoms with Crippen LogP contribution in [-0.4, -0.2) is 37.4 Å². The van der Waals surface area contributed by atoms with Crippen LogP contribution in [0.25, 0.3) is 0 Å². The van der Waals surface area contributed by atoms with Gasteiger partial charge in [0.05, 0.1) is 6.04 Å². The molecule has 5 heteroatoms. The van der Waals surface area contributed by atoms with Gasteiger partial charge in [-0.25, -0.2) is 4.79 Å². The highest BCUT2D eigenvalue weighted by Gasteiger charge is 2.37. The summed E-state index contributed by atoms with van der Waals surface area (Å²) in [5.41, 5.74) is 3.09. The van der Waals surface area contributed by atoms with Crippen molar-refractivity contribution in [3.05, 3.63) is 34.9 Å². The first-order chi connectivity index (χ1) is 10.1. The lowest BCUT2D eigenvalue weighted by molar-refractivity contribution is -0.142. The van der Waals surface area contributed by atoms with Gasteiger partial charge in [0, 0.05) is 12.1 Å². The van der Waals surface area contributed by atoms with E-state index in [0.717, 1.165) is 30.0 Å². The minimum atomic E-state index is -0.234. The molecule has 110 valence electrons. The SMILES string of the molecule is CC1=C[C@H]([C@@H]2c3cc4c(cc3CCN2C)OCO4)OC1=O. The first-order valence-corrected chi connectivity index (χ1v) is 7.15. The lowest BCUT2D eigenvalue weighted by atomic mass is 9.89. The third kappa shape index (κ3) is 1.92. The highest BCUT2D eigenvalue weighted by Crippen LogP contribution is 2.42. The molecule has 1 aromatic rings. The Labute approximate surface area is 123 Å². The lowest BCUT2D eigenvalue weighted by Gasteiger charge is -2.37. The van der Waals surface area contributed by atoms with Crippen LogP contribution in [0.3, 0.4) is 0 Å². The average Bonchev–Trinajstić information content (AvgIpc) is 3.03. The molecule has 3 aliphatic heterocycles. The molecule has 3 aliphatic rings. The Balaban J connectivity index is 1.77. The molecule has 0 amide bonds. The smallest absolute Gasteiger partial charge is 0.334 e. The molecular formula is C16H17NO4. The van der Waals surface area contributed by atoms with Gasteiger partial charge in [-0.2, -0.15) is 0 Å². The van der Waals surface area contributed by atoms with Crippen molar-refractivity contribution >= 4 is 5.97 Å². The third-order valence-electron chi connectivity index (χ3n) is 4.45. The second-order valence-electron chi connectivity index (χ2n) is 5.80. The van der Waals surface area contributed by atoms with Crippen LogP contribution < -0.4 is 9.47 Å². The van der Waals surface area contributed by atoms with Crippen molar-refractivity contribution in [2.24, 2.45) is 0 Å². The van der Waals surface area contributed by atoms with Gasteiger partial charge in [-0.3, -0.25) is 4.90 Å². The van der Waals surface area contributed by atoms with Crippen molar-refractivity contribution in [1.82, 2.24) is 4.90 Å². The Morgan fingerprint density at radius 1 is 1.24 bits per heavy atom. The van der Waals surface area contributed by atoms with Gasteiger partial charge in [-0.05, 0) is 49.7 Å². The summed E-state index contributed by atoms with van der Waals surface area (Å²) in [5.74, 6) is 1.37. The predicted octanol–water partition coefficient (Wildman–Crippen LogP) is 1.82. The maximum absolute atomic E-state index is 11.7. The van der Waals surface area contributed by atoms with E-state index in [1.807, 2.05) is 12.1 Å². The molecule has 0 aromatic heterocycles. The summed E-state index contributed by atoms with van der Waals surface area (Å²) in [4.78, 5) is 13.9. The number of likely N-dealkylation sites (N-methyl/N-ethyl adjacent to an activating group) is 1. The average molecular weight is 287 g/mol. The third-order valence-corrected chi connectivity index (χ3v) is 4.45. The van der Waals surface area contributed by atoms with Gasteiger partial charge in [0.2, 0.25) is 6.79 Å². The number of nitrogens with zero attached hydrogens (tertiary/aromatic N) is 1. The fraction of sp³-hybridized carbons (Fsp3) is 0.438. The Kier molecular flexibility index (Phi) is 2.72. The van der Waals surface area contributed by atoms with E-state index in [2.05, 4.69) is 18.0 Å². The van der Waals surface area contributed by atoms with Crippen molar-refractivity contribution < 1.29 is 19.0 Å². The van der Waals surface area contributed by atoms with Gasteiger partial charge in [0.15, 0.2) is 11.5 Å². The zero-order chi connectivity index (χ0) is 14.6. The normalized spacial score (nSPS) is 27.3. The van der Waals surface area contributed by atoms with Crippen LogP contribution in [-0.2, 0) is 16.0 Å². The van der Waals surface area contributed by atoms with Crippen molar-refractivity contribution in [1.29, 1.82) is 0 Å². The number of fused-ring (bicyclic) bond motifs is 2. The summed E-state index contributed by atoms with van der Waals surface area (Å²) in [7, 11) is 2.06. The maximum Gasteiger partial charge on any atom is 0.334 e. The van der Waals surface area contributed by atoms with E-state index in [4.69, 9.17) is 14.2 Å². The standard InChI is InChI=1S/C16H17NO4/c1-9-5-14(21-16(9)18)15-11-7-13-12(19-8-20-13)6-10(11)3-4-17(15)2/h5-7,14-15H,3-4,8H2,1-2H3/t14-,15+/m1/s1. The van der Waals surface area contributed by atoms with Crippen LogP contribution in [0.15, 0.2) is 23.8 Å². The van der Waals surface area contributed by atoms with Crippen LogP contribution in [0.5, 0.6) is 11.5 Å². The maximum atomic E-state index is 11.7. The fourth-order valence-corrected chi connectivity index (χ4v) is 3.31. The summed E-state index contributed by atoms with van der Waals surface area (Å²) < 4.78 is 16.5. The monoisotopic (exact) mass is 287 g/mol. The molecular weight excluding hydrogens is 270 g/mol. The number of rotatable bonds is 1. The minimum Gasteiger partial charge on any atom is -0.454 e. The Morgan fingerprint density at radius 3 is 2.71 bits per heavy atom. The molecule has 5 nitrogen and oxygen atoms in total. The quantitative estimate of drug-likeness (QED) is 0.737. The van der Waals surface area contributed by atoms with E-state index in [1.165, 1.54) is 5.56 Å². The molecule has 0 aliphatic carbocycles. The summed E-state index contributed by atoms with van der Waals surface area (Å²) in [5, 5.41) is 0. The molecule has 0 fully saturated rings. The largest absolute Gasteiger partial charge is 0.454 e. The molecule has 3 heterocycles. The van der Waals surface area contributed by atoms with Crippen molar-refractivity contribution in [3.8, 4) is 11.5 Å². The van der Waals surface area contributed by atoms with Crippen LogP contribution in [0.1, 0.15) is 24.1 Å². The molecule has 1 aromatic carbocycles. The topological polar surface area (TPSA) is 48.0 Å². The Morgan fingerprint density at radius 2 is 2.00 bits per heavy atom.